The molecule has 5 heteroatoms. The highest BCUT2D eigenvalue weighted by atomic mass is 31.2. The van der Waals surface area contributed by atoms with Crippen LogP contribution >= 0.6 is 7.14 Å². The second-order valence-electron chi connectivity index (χ2n) is 1.97. The van der Waals surface area contributed by atoms with E-state index in [4.69, 9.17) is 15.5 Å². The standard InChI is InChI=1S/C5H10NO3P/c6-2-1-3-10(9,4-7)5-8/h7-8H,1,3-5H2. The highest BCUT2D eigenvalue weighted by Crippen LogP contribution is 2.43. The molecule has 0 aromatic rings. The minimum atomic E-state index is -2.81. The van der Waals surface area contributed by atoms with Crippen LogP contribution in [0.4, 0.5) is 0 Å². The van der Waals surface area contributed by atoms with Crippen molar-refractivity contribution in [3.8, 4) is 6.07 Å². The molecular formula is C5H10NO3P. The number of aliphatic hydroxyl groups is 2. The summed E-state index contributed by atoms with van der Waals surface area (Å²) in [5.74, 6) is 0. The largest absolute Gasteiger partial charge is 0.389 e. The van der Waals surface area contributed by atoms with Crippen LogP contribution in [-0.4, -0.2) is 29.1 Å². The van der Waals surface area contributed by atoms with Crippen molar-refractivity contribution in [1.29, 1.82) is 5.26 Å². The molecule has 0 fully saturated rings. The van der Waals surface area contributed by atoms with Crippen molar-refractivity contribution < 1.29 is 14.8 Å². The van der Waals surface area contributed by atoms with Gasteiger partial charge in [0.25, 0.3) is 0 Å². The van der Waals surface area contributed by atoms with Crippen LogP contribution in [0.25, 0.3) is 0 Å². The van der Waals surface area contributed by atoms with Gasteiger partial charge in [0.05, 0.1) is 18.8 Å². The van der Waals surface area contributed by atoms with Gasteiger partial charge in [-0.25, -0.2) is 0 Å². The van der Waals surface area contributed by atoms with Crippen molar-refractivity contribution >= 4 is 7.14 Å². The molecule has 0 spiro atoms. The van der Waals surface area contributed by atoms with Gasteiger partial charge in [0.1, 0.15) is 7.14 Å². The van der Waals surface area contributed by atoms with Crippen molar-refractivity contribution in [1.82, 2.24) is 0 Å². The Morgan fingerprint density at radius 2 is 1.90 bits per heavy atom. The number of hydrogen-bond acceptors (Lipinski definition) is 4. The smallest absolute Gasteiger partial charge is 0.137 e. The van der Waals surface area contributed by atoms with Gasteiger partial charge < -0.3 is 14.8 Å². The lowest BCUT2D eigenvalue weighted by molar-refractivity contribution is 0.324. The van der Waals surface area contributed by atoms with E-state index in [2.05, 4.69) is 0 Å². The third kappa shape index (κ3) is 2.98. The van der Waals surface area contributed by atoms with Crippen molar-refractivity contribution in [3.63, 3.8) is 0 Å². The molecule has 0 atom stereocenters. The Hall–Kier alpha value is -0.360. The second kappa shape index (κ2) is 4.45. The third-order valence-electron chi connectivity index (χ3n) is 1.15. The highest BCUT2D eigenvalue weighted by Gasteiger charge is 2.18. The third-order valence-corrected chi connectivity index (χ3v) is 3.22. The molecule has 0 rings (SSSR count). The first-order valence-corrected chi connectivity index (χ1v) is 5.10. The van der Waals surface area contributed by atoms with E-state index in [1.54, 1.807) is 6.07 Å². The van der Waals surface area contributed by atoms with E-state index in [0.717, 1.165) is 0 Å². The molecule has 0 amide bonds. The molecule has 0 unspecified atom stereocenters. The summed E-state index contributed by atoms with van der Waals surface area (Å²) in [6, 6.07) is 1.80. The Morgan fingerprint density at radius 1 is 1.40 bits per heavy atom. The van der Waals surface area contributed by atoms with Crippen LogP contribution in [-0.2, 0) is 4.57 Å². The minimum Gasteiger partial charge on any atom is -0.389 e. The number of rotatable bonds is 4. The van der Waals surface area contributed by atoms with Crippen LogP contribution < -0.4 is 0 Å². The lowest BCUT2D eigenvalue weighted by atomic mass is 10.6. The summed E-state index contributed by atoms with van der Waals surface area (Å²) in [7, 11) is -2.81. The van der Waals surface area contributed by atoms with Gasteiger partial charge in [0.2, 0.25) is 0 Å². The SMILES string of the molecule is N#CCCP(=O)(CO)CO. The van der Waals surface area contributed by atoms with Gasteiger partial charge in [-0.2, -0.15) is 5.26 Å². The molecule has 2 N–H and O–H groups in total. The summed E-state index contributed by atoms with van der Waals surface area (Å²) in [6.45, 7) is 0. The molecule has 10 heavy (non-hydrogen) atoms. The molecule has 0 aliphatic carbocycles. The summed E-state index contributed by atoms with van der Waals surface area (Å²) < 4.78 is 11.1. The zero-order valence-electron chi connectivity index (χ0n) is 5.53. The van der Waals surface area contributed by atoms with Gasteiger partial charge in [0.15, 0.2) is 0 Å². The molecule has 0 aliphatic rings. The number of nitriles is 1. The van der Waals surface area contributed by atoms with Gasteiger partial charge in [-0.3, -0.25) is 0 Å². The molecule has 0 saturated heterocycles. The summed E-state index contributed by atoms with van der Waals surface area (Å²) in [5, 5.41) is 25.0. The lowest BCUT2D eigenvalue weighted by Crippen LogP contribution is -1.98. The van der Waals surface area contributed by atoms with E-state index in [0.29, 0.717) is 0 Å². The first-order valence-electron chi connectivity index (χ1n) is 2.84. The molecular weight excluding hydrogens is 153 g/mol. The topological polar surface area (TPSA) is 81.3 Å². The van der Waals surface area contributed by atoms with E-state index in [-0.39, 0.29) is 12.6 Å². The number of nitrogens with zero attached hydrogens (tertiary/aromatic N) is 1. The zero-order valence-corrected chi connectivity index (χ0v) is 6.42. The molecule has 0 aromatic heterocycles. The van der Waals surface area contributed by atoms with Crippen molar-refractivity contribution in [3.05, 3.63) is 0 Å². The van der Waals surface area contributed by atoms with Crippen LogP contribution in [0.3, 0.4) is 0 Å². The first-order chi connectivity index (χ1) is 4.68. The average molecular weight is 163 g/mol. The Morgan fingerprint density at radius 3 is 2.20 bits per heavy atom. The fraction of sp³-hybridized carbons (Fsp3) is 0.800. The van der Waals surface area contributed by atoms with Crippen molar-refractivity contribution in [2.24, 2.45) is 0 Å². The van der Waals surface area contributed by atoms with Crippen LogP contribution in [0.1, 0.15) is 6.42 Å². The van der Waals surface area contributed by atoms with E-state index < -0.39 is 19.8 Å². The van der Waals surface area contributed by atoms with E-state index >= 15 is 0 Å². The van der Waals surface area contributed by atoms with Gasteiger partial charge >= 0.3 is 0 Å². The van der Waals surface area contributed by atoms with Gasteiger partial charge in [-0.05, 0) is 0 Å². The van der Waals surface area contributed by atoms with Crippen LogP contribution in [0.5, 0.6) is 0 Å². The molecule has 0 aromatic carbocycles. The van der Waals surface area contributed by atoms with E-state index in [1.807, 2.05) is 0 Å². The maximum absolute atomic E-state index is 11.1. The molecule has 0 aliphatic heterocycles. The number of aliphatic hydroxyl groups excluding tert-OH is 2. The Labute approximate surface area is 59.5 Å². The van der Waals surface area contributed by atoms with Gasteiger partial charge in [0, 0.05) is 12.6 Å². The monoisotopic (exact) mass is 163 g/mol. The van der Waals surface area contributed by atoms with Crippen LogP contribution in [0.2, 0.25) is 0 Å². The van der Waals surface area contributed by atoms with Crippen molar-refractivity contribution in [2.45, 2.75) is 6.42 Å². The molecule has 0 heterocycles. The first kappa shape index (κ1) is 9.64. The molecule has 58 valence electrons. The highest BCUT2D eigenvalue weighted by molar-refractivity contribution is 7.63. The Bertz CT molecular complexity index is 166. The quantitative estimate of drug-likeness (QED) is 0.578. The predicted octanol–water partition coefficient (Wildman–Crippen LogP) is 0.163. The fourth-order valence-electron chi connectivity index (χ4n) is 0.440. The summed E-state index contributed by atoms with van der Waals surface area (Å²) >= 11 is 0. The molecule has 4 nitrogen and oxygen atoms in total. The molecule has 0 radical (unpaired) electrons. The summed E-state index contributed by atoms with van der Waals surface area (Å²) in [4.78, 5) is 0. The second-order valence-corrected chi connectivity index (χ2v) is 5.10. The fourth-order valence-corrected chi connectivity index (χ4v) is 1.32. The van der Waals surface area contributed by atoms with Crippen LogP contribution in [0, 0.1) is 11.3 Å². The van der Waals surface area contributed by atoms with Crippen LogP contribution in [0.15, 0.2) is 0 Å². The lowest BCUT2D eigenvalue weighted by Gasteiger charge is -2.08. The minimum absolute atomic E-state index is 0.108. The maximum Gasteiger partial charge on any atom is 0.137 e. The predicted molar refractivity (Wildman–Crippen MR) is 36.9 cm³/mol. The van der Waals surface area contributed by atoms with E-state index in [1.165, 1.54) is 0 Å². The Kier molecular flexibility index (Phi) is 4.29. The normalized spacial score (nSPS) is 10.9. The molecule has 0 bridgehead atoms. The maximum atomic E-state index is 11.1. The average Bonchev–Trinajstić information content (AvgIpc) is 2.00. The van der Waals surface area contributed by atoms with Gasteiger partial charge in [-0.1, -0.05) is 0 Å². The number of hydrogen-bond donors (Lipinski definition) is 2. The van der Waals surface area contributed by atoms with Crippen molar-refractivity contribution in [2.75, 3.05) is 18.9 Å². The summed E-state index contributed by atoms with van der Waals surface area (Å²) in [5.41, 5.74) is 0. The summed E-state index contributed by atoms with van der Waals surface area (Å²) in [6.07, 6.45) is -0.786. The zero-order chi connectivity index (χ0) is 8.04. The van der Waals surface area contributed by atoms with E-state index in [9.17, 15) is 4.57 Å². The Balaban J connectivity index is 3.85. The van der Waals surface area contributed by atoms with Gasteiger partial charge in [-0.15, -0.1) is 0 Å². The molecule has 0 saturated carbocycles.